The molecule has 0 aliphatic carbocycles. The fourth-order valence-corrected chi connectivity index (χ4v) is 2.18. The number of nitrogens with zero attached hydrogens (tertiary/aromatic N) is 2. The summed E-state index contributed by atoms with van der Waals surface area (Å²) in [4.78, 5) is 37.3. The molecule has 1 fully saturated rings. The van der Waals surface area contributed by atoms with Crippen LogP contribution in [0.15, 0.2) is 0 Å². The Morgan fingerprint density at radius 1 is 1.40 bits per heavy atom. The Morgan fingerprint density at radius 3 is 2.70 bits per heavy atom. The molecule has 1 unspecified atom stereocenters. The number of aliphatic carboxylic acids is 1. The van der Waals surface area contributed by atoms with Crippen LogP contribution in [0.2, 0.25) is 0 Å². The first kappa shape index (κ1) is 16.3. The topological polar surface area (TPSA) is 87.2 Å². The number of hydrogen-bond donors (Lipinski definition) is 1. The maximum absolute atomic E-state index is 12.1. The van der Waals surface area contributed by atoms with Crippen LogP contribution in [0.25, 0.3) is 0 Å². The van der Waals surface area contributed by atoms with E-state index in [-0.39, 0.29) is 31.5 Å². The van der Waals surface area contributed by atoms with Crippen molar-refractivity contribution < 1.29 is 24.2 Å². The number of likely N-dealkylation sites (tertiary alicyclic amines) is 1. The van der Waals surface area contributed by atoms with Gasteiger partial charge in [-0.1, -0.05) is 0 Å². The molecule has 0 aromatic carbocycles. The Bertz CT molecular complexity index is 372. The maximum atomic E-state index is 12.1. The predicted molar refractivity (Wildman–Crippen MR) is 71.2 cm³/mol. The van der Waals surface area contributed by atoms with E-state index < -0.39 is 11.9 Å². The Morgan fingerprint density at radius 2 is 2.10 bits per heavy atom. The summed E-state index contributed by atoms with van der Waals surface area (Å²) < 4.78 is 4.80. The SMILES string of the molecule is CCOC(=O)CCN(C)C(=O)N1CCCC(C(=O)O)C1. The number of esters is 1. The van der Waals surface area contributed by atoms with Crippen molar-refractivity contribution in [2.45, 2.75) is 26.2 Å². The Kier molecular flexibility index (Phi) is 6.27. The number of urea groups is 1. The van der Waals surface area contributed by atoms with Gasteiger partial charge in [-0.2, -0.15) is 0 Å². The van der Waals surface area contributed by atoms with Gasteiger partial charge in [-0.25, -0.2) is 4.79 Å². The van der Waals surface area contributed by atoms with Crippen LogP contribution < -0.4 is 0 Å². The lowest BCUT2D eigenvalue weighted by molar-refractivity contribution is -0.143. The average molecular weight is 286 g/mol. The Balaban J connectivity index is 2.43. The molecule has 1 N–H and O–H groups in total. The molecule has 1 aliphatic rings. The van der Waals surface area contributed by atoms with E-state index in [2.05, 4.69) is 0 Å². The van der Waals surface area contributed by atoms with E-state index in [1.807, 2.05) is 0 Å². The number of carboxylic acid groups (broad SMARTS) is 1. The van der Waals surface area contributed by atoms with E-state index in [1.54, 1.807) is 14.0 Å². The maximum Gasteiger partial charge on any atom is 0.319 e. The molecule has 1 aliphatic heterocycles. The zero-order valence-electron chi connectivity index (χ0n) is 12.0. The second-order valence-electron chi connectivity index (χ2n) is 4.88. The molecular weight excluding hydrogens is 264 g/mol. The van der Waals surface area contributed by atoms with Crippen molar-refractivity contribution in [3.05, 3.63) is 0 Å². The molecule has 7 nitrogen and oxygen atoms in total. The number of ether oxygens (including phenoxy) is 1. The molecule has 0 radical (unpaired) electrons. The third-order valence-electron chi connectivity index (χ3n) is 3.32. The highest BCUT2D eigenvalue weighted by Crippen LogP contribution is 2.17. The van der Waals surface area contributed by atoms with E-state index in [9.17, 15) is 14.4 Å². The van der Waals surface area contributed by atoms with Crippen molar-refractivity contribution in [2.75, 3.05) is 33.3 Å². The quantitative estimate of drug-likeness (QED) is 0.755. The minimum absolute atomic E-state index is 0.145. The van der Waals surface area contributed by atoms with Crippen LogP contribution in [0.1, 0.15) is 26.2 Å². The molecule has 0 bridgehead atoms. The molecule has 1 saturated heterocycles. The van der Waals surface area contributed by atoms with E-state index in [4.69, 9.17) is 9.84 Å². The summed E-state index contributed by atoms with van der Waals surface area (Å²) in [6.07, 6.45) is 1.44. The first-order chi connectivity index (χ1) is 9.45. The smallest absolute Gasteiger partial charge is 0.319 e. The van der Waals surface area contributed by atoms with Gasteiger partial charge in [0.1, 0.15) is 0 Å². The van der Waals surface area contributed by atoms with Crippen molar-refractivity contribution in [3.8, 4) is 0 Å². The lowest BCUT2D eigenvalue weighted by Gasteiger charge is -2.33. The summed E-state index contributed by atoms with van der Waals surface area (Å²) in [7, 11) is 1.60. The molecule has 7 heteroatoms. The number of carboxylic acids is 1. The van der Waals surface area contributed by atoms with Gasteiger partial charge in [-0.05, 0) is 19.8 Å². The van der Waals surface area contributed by atoms with Crippen molar-refractivity contribution in [3.63, 3.8) is 0 Å². The summed E-state index contributed by atoms with van der Waals surface area (Å²) in [5, 5.41) is 9.00. The Hall–Kier alpha value is -1.79. The monoisotopic (exact) mass is 286 g/mol. The molecule has 114 valence electrons. The van der Waals surface area contributed by atoms with E-state index >= 15 is 0 Å². The second kappa shape index (κ2) is 7.72. The predicted octanol–water partition coefficient (Wildman–Crippen LogP) is 0.788. The molecule has 0 aromatic rings. The van der Waals surface area contributed by atoms with Crippen LogP contribution in [0.3, 0.4) is 0 Å². The molecule has 1 atom stereocenters. The minimum atomic E-state index is -0.864. The molecule has 0 spiro atoms. The van der Waals surface area contributed by atoms with Gasteiger partial charge in [-0.15, -0.1) is 0 Å². The molecule has 0 aromatic heterocycles. The lowest BCUT2D eigenvalue weighted by atomic mass is 9.99. The number of amides is 2. The van der Waals surface area contributed by atoms with Crippen LogP contribution in [-0.4, -0.2) is 66.2 Å². The number of rotatable bonds is 5. The number of piperidine rings is 1. The second-order valence-corrected chi connectivity index (χ2v) is 4.88. The van der Waals surface area contributed by atoms with Gasteiger partial charge in [-0.3, -0.25) is 9.59 Å². The fourth-order valence-electron chi connectivity index (χ4n) is 2.18. The van der Waals surface area contributed by atoms with Crippen molar-refractivity contribution >= 4 is 18.0 Å². The first-order valence-electron chi connectivity index (χ1n) is 6.84. The third-order valence-corrected chi connectivity index (χ3v) is 3.32. The van der Waals surface area contributed by atoms with Crippen molar-refractivity contribution in [1.29, 1.82) is 0 Å². The Labute approximate surface area is 118 Å². The zero-order chi connectivity index (χ0) is 15.1. The summed E-state index contributed by atoms with van der Waals surface area (Å²) >= 11 is 0. The van der Waals surface area contributed by atoms with Crippen LogP contribution in [0.4, 0.5) is 4.79 Å². The highest BCUT2D eigenvalue weighted by Gasteiger charge is 2.29. The fraction of sp³-hybridized carbons (Fsp3) is 0.769. The first-order valence-corrected chi connectivity index (χ1v) is 6.84. The van der Waals surface area contributed by atoms with Gasteiger partial charge in [0.25, 0.3) is 0 Å². The number of hydrogen-bond acceptors (Lipinski definition) is 4. The minimum Gasteiger partial charge on any atom is -0.481 e. The van der Waals surface area contributed by atoms with E-state index in [1.165, 1.54) is 9.80 Å². The summed E-state index contributed by atoms with van der Waals surface area (Å²) in [6, 6.07) is -0.236. The highest BCUT2D eigenvalue weighted by molar-refractivity contribution is 5.77. The molecule has 1 heterocycles. The zero-order valence-corrected chi connectivity index (χ0v) is 12.0. The van der Waals surface area contributed by atoms with Crippen LogP contribution in [0, 0.1) is 5.92 Å². The van der Waals surface area contributed by atoms with Gasteiger partial charge in [0.05, 0.1) is 18.9 Å². The lowest BCUT2D eigenvalue weighted by Crippen LogP contribution is -2.48. The van der Waals surface area contributed by atoms with Gasteiger partial charge >= 0.3 is 18.0 Å². The van der Waals surface area contributed by atoms with Gasteiger partial charge in [0.2, 0.25) is 0 Å². The van der Waals surface area contributed by atoms with E-state index in [0.29, 0.717) is 26.0 Å². The van der Waals surface area contributed by atoms with Gasteiger partial charge < -0.3 is 19.6 Å². The number of carbonyl (C=O) groups is 3. The third kappa shape index (κ3) is 4.71. The molecule has 2 amide bonds. The molecule has 20 heavy (non-hydrogen) atoms. The highest BCUT2D eigenvalue weighted by atomic mass is 16.5. The van der Waals surface area contributed by atoms with E-state index in [0.717, 1.165) is 0 Å². The normalized spacial score (nSPS) is 18.5. The molecule has 1 rings (SSSR count). The van der Waals surface area contributed by atoms with Crippen LogP contribution in [0.5, 0.6) is 0 Å². The summed E-state index contributed by atoms with van der Waals surface area (Å²) in [5.41, 5.74) is 0. The molecule has 0 saturated carbocycles. The van der Waals surface area contributed by atoms with Gasteiger partial charge in [0.15, 0.2) is 0 Å². The van der Waals surface area contributed by atoms with Crippen LogP contribution >= 0.6 is 0 Å². The number of carbonyl (C=O) groups excluding carboxylic acids is 2. The summed E-state index contributed by atoms with van der Waals surface area (Å²) in [6.45, 7) is 3.12. The summed E-state index contributed by atoms with van der Waals surface area (Å²) in [5.74, 6) is -1.70. The largest absolute Gasteiger partial charge is 0.481 e. The average Bonchev–Trinajstić information content (AvgIpc) is 2.44. The van der Waals surface area contributed by atoms with Crippen LogP contribution in [-0.2, 0) is 14.3 Å². The van der Waals surface area contributed by atoms with Crippen molar-refractivity contribution in [1.82, 2.24) is 9.80 Å². The molecular formula is C13H22N2O5. The van der Waals surface area contributed by atoms with Crippen molar-refractivity contribution in [2.24, 2.45) is 5.92 Å². The van der Waals surface area contributed by atoms with Gasteiger partial charge in [0, 0.05) is 26.7 Å². The standard InChI is InChI=1S/C13H22N2O5/c1-3-20-11(16)6-8-14(2)13(19)15-7-4-5-10(9-15)12(17)18/h10H,3-9H2,1-2H3,(H,17,18).